The zero-order valence-electron chi connectivity index (χ0n) is 24.5. The maximum atomic E-state index is 16.6. The maximum absolute atomic E-state index is 16.6. The number of aromatic nitrogens is 2. The summed E-state index contributed by atoms with van der Waals surface area (Å²) in [4.78, 5) is 26.8. The molecule has 1 aromatic heterocycles. The van der Waals surface area contributed by atoms with Gasteiger partial charge < -0.3 is 19.4 Å². The summed E-state index contributed by atoms with van der Waals surface area (Å²) < 4.78 is 52.5. The normalized spacial score (nSPS) is 24.2. The molecule has 4 aliphatic rings. The molecule has 3 heterocycles. The second kappa shape index (κ2) is 11.1. The molecule has 0 radical (unpaired) electrons. The number of ether oxygens (including phenoxy) is 1. The Hall–Kier alpha value is -4.17. The first-order chi connectivity index (χ1) is 21.2. The molecule has 0 N–H and O–H groups in total. The number of benzene rings is 2. The second-order valence-corrected chi connectivity index (χ2v) is 12.4. The van der Waals surface area contributed by atoms with Crippen molar-refractivity contribution in [1.29, 1.82) is 5.26 Å². The highest BCUT2D eigenvalue weighted by molar-refractivity contribution is 5.95. The Morgan fingerprint density at radius 2 is 2.05 bits per heavy atom. The van der Waals surface area contributed by atoms with E-state index in [1.165, 1.54) is 16.5 Å². The van der Waals surface area contributed by atoms with Gasteiger partial charge in [-0.15, -0.1) is 0 Å². The van der Waals surface area contributed by atoms with Gasteiger partial charge in [-0.3, -0.25) is 4.79 Å². The van der Waals surface area contributed by atoms with Crippen LogP contribution in [0.4, 0.5) is 19.0 Å². The molecule has 3 aromatic rings. The molecule has 1 amide bonds. The Labute approximate surface area is 253 Å². The van der Waals surface area contributed by atoms with Crippen LogP contribution in [0, 0.1) is 28.9 Å². The van der Waals surface area contributed by atoms with E-state index in [1.807, 2.05) is 13.1 Å². The highest BCUT2D eigenvalue weighted by atomic mass is 19.1. The van der Waals surface area contributed by atoms with Gasteiger partial charge in [-0.25, -0.2) is 13.2 Å². The molecule has 11 heteroatoms. The van der Waals surface area contributed by atoms with Crippen LogP contribution in [0.5, 0.6) is 6.01 Å². The average molecular weight is 603 g/mol. The Balaban J connectivity index is 1.32. The Bertz CT molecular complexity index is 1720. The second-order valence-electron chi connectivity index (χ2n) is 12.4. The van der Waals surface area contributed by atoms with Crippen molar-refractivity contribution in [1.82, 2.24) is 19.8 Å². The third-order valence-electron chi connectivity index (χ3n) is 9.79. The highest BCUT2D eigenvalue weighted by Gasteiger charge is 2.46. The van der Waals surface area contributed by atoms with E-state index in [2.05, 4.69) is 33.6 Å². The zero-order chi connectivity index (χ0) is 30.7. The van der Waals surface area contributed by atoms with Gasteiger partial charge in [-0.2, -0.15) is 15.2 Å². The molecule has 2 aliphatic carbocycles. The largest absolute Gasteiger partial charge is 0.462 e. The number of rotatable bonds is 7. The molecule has 7 rings (SSSR count). The van der Waals surface area contributed by atoms with Crippen LogP contribution >= 0.6 is 0 Å². The number of piperazine rings is 1. The van der Waals surface area contributed by atoms with Crippen molar-refractivity contribution in [3.8, 4) is 23.2 Å². The van der Waals surface area contributed by atoms with Gasteiger partial charge in [0.05, 0.1) is 24.1 Å². The molecule has 2 aliphatic heterocycles. The van der Waals surface area contributed by atoms with E-state index in [0.29, 0.717) is 24.0 Å². The number of fused-ring (bicyclic) bond motifs is 4. The van der Waals surface area contributed by atoms with Gasteiger partial charge in [0.25, 0.3) is 5.91 Å². The number of amides is 1. The predicted molar refractivity (Wildman–Crippen MR) is 159 cm³/mol. The predicted octanol–water partition coefficient (Wildman–Crippen LogP) is 5.12. The van der Waals surface area contributed by atoms with E-state index in [9.17, 15) is 14.4 Å². The van der Waals surface area contributed by atoms with Crippen LogP contribution in [0.2, 0.25) is 0 Å². The van der Waals surface area contributed by atoms with Crippen molar-refractivity contribution in [3.05, 3.63) is 59.4 Å². The third-order valence-corrected chi connectivity index (χ3v) is 9.79. The Morgan fingerprint density at radius 1 is 1.20 bits per heavy atom. The van der Waals surface area contributed by atoms with Crippen LogP contribution in [0.3, 0.4) is 0 Å². The van der Waals surface area contributed by atoms with Crippen LogP contribution in [0.15, 0.2) is 36.7 Å². The van der Waals surface area contributed by atoms with Gasteiger partial charge in [-0.1, -0.05) is 24.8 Å². The molecule has 0 bridgehead atoms. The van der Waals surface area contributed by atoms with Crippen LogP contribution in [-0.4, -0.2) is 77.6 Å². The van der Waals surface area contributed by atoms with Crippen molar-refractivity contribution in [2.45, 2.75) is 50.1 Å². The zero-order valence-corrected chi connectivity index (χ0v) is 24.5. The smallest absolute Gasteiger partial charge is 0.319 e. The van der Waals surface area contributed by atoms with Crippen LogP contribution in [0.25, 0.3) is 22.0 Å². The number of carbonyl (C=O) groups is 1. The van der Waals surface area contributed by atoms with Crippen LogP contribution in [-0.2, 0) is 11.2 Å². The van der Waals surface area contributed by atoms with Crippen molar-refractivity contribution in [2.24, 2.45) is 5.92 Å². The van der Waals surface area contributed by atoms with E-state index in [0.717, 1.165) is 37.8 Å². The molecule has 228 valence electrons. The first-order valence-corrected chi connectivity index (χ1v) is 15.2. The average Bonchev–Trinajstić information content (AvgIpc) is 3.50. The summed E-state index contributed by atoms with van der Waals surface area (Å²) in [5, 5.41) is 9.61. The van der Waals surface area contributed by atoms with Crippen LogP contribution < -0.4 is 9.64 Å². The summed E-state index contributed by atoms with van der Waals surface area (Å²) in [6.07, 6.45) is 3.86. The maximum Gasteiger partial charge on any atom is 0.319 e. The number of likely N-dealkylation sites (tertiary alicyclic amines) is 1. The van der Waals surface area contributed by atoms with Crippen LogP contribution in [0.1, 0.15) is 42.7 Å². The van der Waals surface area contributed by atoms with Crippen molar-refractivity contribution in [3.63, 3.8) is 0 Å². The molecule has 8 nitrogen and oxygen atoms in total. The number of anilines is 1. The minimum atomic E-state index is -1.11. The van der Waals surface area contributed by atoms with E-state index >= 15 is 8.78 Å². The highest BCUT2D eigenvalue weighted by Crippen LogP contribution is 2.58. The standard InChI is InChI=1S/C33H33F3N6O2/c1-18(34)32(43)42-12-11-41(16-20(42)8-9-37)31-26-15-27(35)28(23-7-3-6-22-24-13-19(24)14-25(22)23)29(36)30(26)38-33(39-31)44-17-21-5-4-10-40(21)2/h3,6-7,15,19-21,24H,1,4-5,8,10-14,16-17H2,2H3/t19?,20-,21-,24?/m0/s1. The lowest BCUT2D eigenvalue weighted by Crippen LogP contribution is -2.55. The third kappa shape index (κ3) is 4.85. The SMILES string of the molecule is C=C(F)C(=O)N1CCN(c2nc(OC[C@@H]3CCCN3C)nc3c(F)c(-c4cccc5c4CC4CC54)c(F)cc23)C[C@@H]1CC#N. The molecule has 2 aromatic carbocycles. The molecule has 2 saturated heterocycles. The van der Waals surface area contributed by atoms with Gasteiger partial charge >= 0.3 is 6.01 Å². The number of carbonyl (C=O) groups excluding carboxylic acids is 1. The molecular weight excluding hydrogens is 569 g/mol. The van der Waals surface area contributed by atoms with E-state index in [-0.39, 0.29) is 60.4 Å². The fraction of sp³-hybridized carbons (Fsp3) is 0.455. The van der Waals surface area contributed by atoms with E-state index in [4.69, 9.17) is 4.74 Å². The monoisotopic (exact) mass is 602 g/mol. The lowest BCUT2D eigenvalue weighted by atomic mass is 9.93. The van der Waals surface area contributed by atoms with Crippen molar-refractivity contribution >= 4 is 22.6 Å². The molecule has 2 unspecified atom stereocenters. The minimum Gasteiger partial charge on any atom is -0.462 e. The summed E-state index contributed by atoms with van der Waals surface area (Å²) in [6, 6.07) is 8.46. The summed E-state index contributed by atoms with van der Waals surface area (Å²) in [5.41, 5.74) is 2.55. The minimum absolute atomic E-state index is 0.0312. The number of hydrogen-bond acceptors (Lipinski definition) is 7. The first kappa shape index (κ1) is 28.6. The number of nitrogens with zero attached hydrogens (tertiary/aromatic N) is 6. The quantitative estimate of drug-likeness (QED) is 0.347. The molecular formula is C33H33F3N6O2. The van der Waals surface area contributed by atoms with E-state index in [1.54, 1.807) is 11.0 Å². The Kier molecular flexibility index (Phi) is 7.20. The number of hydrogen-bond donors (Lipinski definition) is 0. The molecule has 0 spiro atoms. The van der Waals surface area contributed by atoms with E-state index < -0.39 is 29.4 Å². The summed E-state index contributed by atoms with van der Waals surface area (Å²) >= 11 is 0. The first-order valence-electron chi connectivity index (χ1n) is 15.2. The Morgan fingerprint density at radius 3 is 2.80 bits per heavy atom. The number of halogens is 3. The van der Waals surface area contributed by atoms with Gasteiger partial charge in [0, 0.05) is 31.1 Å². The lowest BCUT2D eigenvalue weighted by molar-refractivity contribution is -0.131. The van der Waals surface area contributed by atoms with Gasteiger partial charge in [0.2, 0.25) is 0 Å². The van der Waals surface area contributed by atoms with Gasteiger partial charge in [0.1, 0.15) is 23.8 Å². The molecule has 1 saturated carbocycles. The lowest BCUT2D eigenvalue weighted by Gasteiger charge is -2.41. The van der Waals surface area contributed by atoms with Gasteiger partial charge in [0.15, 0.2) is 11.6 Å². The number of nitriles is 1. The van der Waals surface area contributed by atoms with Crippen molar-refractivity contribution in [2.75, 3.05) is 44.7 Å². The fourth-order valence-corrected chi connectivity index (χ4v) is 7.35. The molecule has 4 atom stereocenters. The molecule has 3 fully saturated rings. The van der Waals surface area contributed by atoms with Crippen molar-refractivity contribution < 1.29 is 22.7 Å². The topological polar surface area (TPSA) is 85.6 Å². The summed E-state index contributed by atoms with van der Waals surface area (Å²) in [7, 11) is 2.02. The fourth-order valence-electron chi connectivity index (χ4n) is 7.35. The van der Waals surface area contributed by atoms with Gasteiger partial charge in [-0.05, 0) is 73.9 Å². The summed E-state index contributed by atoms with van der Waals surface area (Å²) in [6.45, 7) is 4.74. The molecule has 44 heavy (non-hydrogen) atoms. The summed E-state index contributed by atoms with van der Waals surface area (Å²) in [5.74, 6) is -2.23. The number of likely N-dealkylation sites (N-methyl/N-ethyl adjacent to an activating group) is 1.